The molecule has 1 N–H and O–H groups in total. The molecule has 3 aromatic rings. The van der Waals surface area contributed by atoms with E-state index in [1.54, 1.807) is 0 Å². The second kappa shape index (κ2) is 6.85. The lowest BCUT2D eigenvalue weighted by Gasteiger charge is -2.21. The fraction of sp³-hybridized carbons (Fsp3) is 0.350. The summed E-state index contributed by atoms with van der Waals surface area (Å²) in [7, 11) is -3.58. The summed E-state index contributed by atoms with van der Waals surface area (Å²) in [6, 6.07) is 15.1. The predicted octanol–water partition coefficient (Wildman–Crippen LogP) is 3.19. The monoisotopic (exact) mass is 369 g/mol. The number of benzene rings is 2. The minimum atomic E-state index is -3.58. The quantitative estimate of drug-likeness (QED) is 0.767. The standard InChI is InChI=1S/C20H23N3O2S/c1-15-6-5-9-18-19(15)20(17-10-12-21-13-11-17)22-23(18)26(24,25)14-16-7-3-2-4-8-16/h2-9,17,21H,10-14H2,1H3. The van der Waals surface area contributed by atoms with Crippen LogP contribution in [0.15, 0.2) is 48.5 Å². The Hall–Kier alpha value is -2.18. The van der Waals surface area contributed by atoms with Crippen LogP contribution in [0.5, 0.6) is 0 Å². The zero-order valence-corrected chi connectivity index (χ0v) is 15.7. The molecule has 0 bridgehead atoms. The highest BCUT2D eigenvalue weighted by Gasteiger charge is 2.27. The number of aromatic nitrogens is 2. The van der Waals surface area contributed by atoms with Gasteiger partial charge in [0.05, 0.1) is 17.0 Å². The van der Waals surface area contributed by atoms with Crippen molar-refractivity contribution in [2.24, 2.45) is 0 Å². The summed E-state index contributed by atoms with van der Waals surface area (Å²) in [5.74, 6) is 0.248. The van der Waals surface area contributed by atoms with Crippen molar-refractivity contribution in [3.8, 4) is 0 Å². The average Bonchev–Trinajstić information content (AvgIpc) is 3.05. The van der Waals surface area contributed by atoms with Crippen molar-refractivity contribution in [1.82, 2.24) is 14.5 Å². The fourth-order valence-corrected chi connectivity index (χ4v) is 5.19. The molecule has 1 aliphatic rings. The van der Waals surface area contributed by atoms with Crippen LogP contribution in [-0.2, 0) is 15.8 Å². The van der Waals surface area contributed by atoms with Crippen LogP contribution in [0.1, 0.15) is 35.6 Å². The third-order valence-electron chi connectivity index (χ3n) is 5.09. The van der Waals surface area contributed by atoms with Crippen LogP contribution in [0.3, 0.4) is 0 Å². The molecule has 0 atom stereocenters. The molecular formula is C20H23N3O2S. The molecule has 0 radical (unpaired) electrons. The van der Waals surface area contributed by atoms with E-state index in [-0.39, 0.29) is 5.75 Å². The number of aryl methyl sites for hydroxylation is 1. The predicted molar refractivity (Wildman–Crippen MR) is 104 cm³/mol. The van der Waals surface area contributed by atoms with E-state index < -0.39 is 10.0 Å². The largest absolute Gasteiger partial charge is 0.317 e. The number of nitrogens with one attached hydrogen (secondary N) is 1. The van der Waals surface area contributed by atoms with E-state index >= 15 is 0 Å². The first-order valence-corrected chi connectivity index (χ1v) is 10.6. The van der Waals surface area contributed by atoms with Crippen LogP contribution >= 0.6 is 0 Å². The number of hydrogen-bond donors (Lipinski definition) is 1. The Morgan fingerprint density at radius 1 is 1.08 bits per heavy atom. The summed E-state index contributed by atoms with van der Waals surface area (Å²) in [5, 5.41) is 9.00. The summed E-state index contributed by atoms with van der Waals surface area (Å²) in [5.41, 5.74) is 3.47. The summed E-state index contributed by atoms with van der Waals surface area (Å²) >= 11 is 0. The van der Waals surface area contributed by atoms with Crippen LogP contribution in [0.2, 0.25) is 0 Å². The zero-order chi connectivity index (χ0) is 18.1. The number of nitrogens with zero attached hydrogens (tertiary/aromatic N) is 2. The number of rotatable bonds is 4. The van der Waals surface area contributed by atoms with Crippen molar-refractivity contribution < 1.29 is 8.42 Å². The summed E-state index contributed by atoms with van der Waals surface area (Å²) in [6.07, 6.45) is 1.97. The van der Waals surface area contributed by atoms with Gasteiger partial charge in [-0.1, -0.05) is 42.5 Å². The van der Waals surface area contributed by atoms with E-state index in [0.29, 0.717) is 11.4 Å². The Balaban J connectivity index is 1.83. The minimum absolute atomic E-state index is 0.0514. The van der Waals surface area contributed by atoms with Gasteiger partial charge in [0.25, 0.3) is 10.0 Å². The molecule has 0 unspecified atom stereocenters. The third kappa shape index (κ3) is 3.15. The Bertz CT molecular complexity index is 1020. The van der Waals surface area contributed by atoms with E-state index in [9.17, 15) is 8.42 Å². The average molecular weight is 369 g/mol. The first kappa shape index (κ1) is 17.2. The second-order valence-corrected chi connectivity index (χ2v) is 8.76. The van der Waals surface area contributed by atoms with E-state index in [1.807, 2.05) is 55.5 Å². The topological polar surface area (TPSA) is 64.0 Å². The van der Waals surface area contributed by atoms with Crippen molar-refractivity contribution in [3.63, 3.8) is 0 Å². The lowest BCUT2D eigenvalue weighted by atomic mass is 9.91. The molecular weight excluding hydrogens is 346 g/mol. The Labute approximate surface area is 154 Å². The molecule has 1 fully saturated rings. The van der Waals surface area contributed by atoms with Gasteiger partial charge >= 0.3 is 0 Å². The van der Waals surface area contributed by atoms with Gasteiger partial charge in [0, 0.05) is 11.3 Å². The van der Waals surface area contributed by atoms with Gasteiger partial charge in [0.2, 0.25) is 0 Å². The van der Waals surface area contributed by atoms with Crippen molar-refractivity contribution in [1.29, 1.82) is 0 Å². The van der Waals surface area contributed by atoms with Crippen molar-refractivity contribution in [2.75, 3.05) is 13.1 Å². The van der Waals surface area contributed by atoms with Crippen molar-refractivity contribution in [2.45, 2.75) is 31.4 Å². The highest BCUT2D eigenvalue weighted by Crippen LogP contribution is 2.33. The van der Waals surface area contributed by atoms with Crippen LogP contribution in [0.4, 0.5) is 0 Å². The van der Waals surface area contributed by atoms with Gasteiger partial charge in [0.15, 0.2) is 0 Å². The van der Waals surface area contributed by atoms with Gasteiger partial charge in [-0.2, -0.15) is 9.19 Å². The Morgan fingerprint density at radius 3 is 2.54 bits per heavy atom. The molecule has 4 rings (SSSR count). The first-order valence-electron chi connectivity index (χ1n) is 9.02. The Morgan fingerprint density at radius 2 is 1.81 bits per heavy atom. The van der Waals surface area contributed by atoms with Crippen molar-refractivity contribution in [3.05, 3.63) is 65.4 Å². The first-order chi connectivity index (χ1) is 12.6. The maximum absolute atomic E-state index is 13.1. The normalized spacial score (nSPS) is 16.2. The zero-order valence-electron chi connectivity index (χ0n) is 14.9. The van der Waals surface area contributed by atoms with Gasteiger partial charge in [-0.05, 0) is 50.0 Å². The lowest BCUT2D eigenvalue weighted by molar-refractivity contribution is 0.453. The van der Waals surface area contributed by atoms with Crippen LogP contribution in [-0.4, -0.2) is 30.7 Å². The molecule has 1 aliphatic heterocycles. The maximum atomic E-state index is 13.1. The van der Waals surface area contributed by atoms with E-state index in [2.05, 4.69) is 10.4 Å². The van der Waals surface area contributed by atoms with Gasteiger partial charge in [-0.15, -0.1) is 0 Å². The molecule has 0 saturated carbocycles. The molecule has 5 nitrogen and oxygen atoms in total. The van der Waals surface area contributed by atoms with Crippen LogP contribution in [0, 0.1) is 6.92 Å². The second-order valence-electron chi connectivity index (χ2n) is 6.96. The number of fused-ring (bicyclic) bond motifs is 1. The summed E-state index contributed by atoms with van der Waals surface area (Å²) in [6.45, 7) is 3.92. The molecule has 2 heterocycles. The maximum Gasteiger partial charge on any atom is 0.258 e. The molecule has 136 valence electrons. The van der Waals surface area contributed by atoms with Crippen LogP contribution < -0.4 is 5.32 Å². The van der Waals surface area contributed by atoms with E-state index in [0.717, 1.165) is 48.1 Å². The van der Waals surface area contributed by atoms with Gasteiger partial charge in [-0.3, -0.25) is 0 Å². The smallest absolute Gasteiger partial charge is 0.258 e. The molecule has 2 aromatic carbocycles. The number of hydrogen-bond acceptors (Lipinski definition) is 4. The van der Waals surface area contributed by atoms with Crippen LogP contribution in [0.25, 0.3) is 10.9 Å². The SMILES string of the molecule is Cc1cccc2c1c(C1CCNCC1)nn2S(=O)(=O)Cc1ccccc1. The molecule has 0 aliphatic carbocycles. The van der Waals surface area contributed by atoms with Crippen molar-refractivity contribution >= 4 is 20.9 Å². The lowest BCUT2D eigenvalue weighted by Crippen LogP contribution is -2.27. The van der Waals surface area contributed by atoms with Gasteiger partial charge < -0.3 is 5.32 Å². The summed E-state index contributed by atoms with van der Waals surface area (Å²) in [4.78, 5) is 0. The van der Waals surface area contributed by atoms with E-state index in [1.165, 1.54) is 4.09 Å². The highest BCUT2D eigenvalue weighted by molar-refractivity contribution is 7.89. The highest BCUT2D eigenvalue weighted by atomic mass is 32.2. The Kier molecular flexibility index (Phi) is 4.54. The third-order valence-corrected chi connectivity index (χ3v) is 6.60. The summed E-state index contributed by atoms with van der Waals surface area (Å²) < 4.78 is 27.5. The van der Waals surface area contributed by atoms with Gasteiger partial charge in [-0.25, -0.2) is 8.42 Å². The fourth-order valence-electron chi connectivity index (χ4n) is 3.79. The molecule has 1 aromatic heterocycles. The minimum Gasteiger partial charge on any atom is -0.317 e. The molecule has 1 saturated heterocycles. The van der Waals surface area contributed by atoms with E-state index in [4.69, 9.17) is 0 Å². The van der Waals surface area contributed by atoms with Gasteiger partial charge in [0.1, 0.15) is 0 Å². The molecule has 26 heavy (non-hydrogen) atoms. The molecule has 0 amide bonds. The number of piperidine rings is 1. The molecule has 0 spiro atoms. The molecule has 6 heteroatoms.